The van der Waals surface area contributed by atoms with Gasteiger partial charge in [0, 0.05) is 25.1 Å². The van der Waals surface area contributed by atoms with Crippen LogP contribution in [0.25, 0.3) is 0 Å². The third-order valence-corrected chi connectivity index (χ3v) is 3.44. The van der Waals surface area contributed by atoms with E-state index in [4.69, 9.17) is 5.84 Å². The summed E-state index contributed by atoms with van der Waals surface area (Å²) in [5, 5.41) is 0. The fourth-order valence-electron chi connectivity index (χ4n) is 2.20. The number of nitrogens with one attached hydrogen (secondary N) is 1. The summed E-state index contributed by atoms with van der Waals surface area (Å²) in [5.74, 6) is 8.04. The maximum atomic E-state index is 5.53. The number of aromatic nitrogens is 2. The van der Waals surface area contributed by atoms with E-state index in [1.807, 2.05) is 13.8 Å². The number of rotatable bonds is 6. The Morgan fingerprint density at radius 1 is 1.22 bits per heavy atom. The van der Waals surface area contributed by atoms with Gasteiger partial charge >= 0.3 is 0 Å². The molecule has 102 valence electrons. The number of hydrogen-bond acceptors (Lipinski definition) is 5. The van der Waals surface area contributed by atoms with E-state index in [2.05, 4.69) is 41.2 Å². The molecule has 0 aromatic carbocycles. The van der Waals surface area contributed by atoms with E-state index < -0.39 is 0 Å². The number of hydrogen-bond donors (Lipinski definition) is 2. The Labute approximate surface area is 110 Å². The highest BCUT2D eigenvalue weighted by molar-refractivity contribution is 5.58. The number of hydrazine groups is 1. The Kier molecular flexibility index (Phi) is 5.34. The van der Waals surface area contributed by atoms with Crippen LogP contribution in [0, 0.1) is 6.92 Å². The van der Waals surface area contributed by atoms with Gasteiger partial charge in [-0.1, -0.05) is 20.8 Å². The molecule has 0 atom stereocenters. The summed E-state index contributed by atoms with van der Waals surface area (Å²) in [5.41, 5.74) is 3.67. The van der Waals surface area contributed by atoms with Crippen molar-refractivity contribution >= 4 is 11.6 Å². The molecule has 0 spiro atoms. The Morgan fingerprint density at radius 3 is 2.28 bits per heavy atom. The highest BCUT2D eigenvalue weighted by Gasteiger charge is 2.18. The van der Waals surface area contributed by atoms with Crippen LogP contribution in [0.4, 0.5) is 11.6 Å². The van der Waals surface area contributed by atoms with Crippen molar-refractivity contribution in [1.82, 2.24) is 9.97 Å². The SMILES string of the molecule is CCc1nc(NN)c(C)c(N(C)C(CC)CC)n1. The predicted molar refractivity (Wildman–Crippen MR) is 76.7 cm³/mol. The van der Waals surface area contributed by atoms with Gasteiger partial charge in [0.2, 0.25) is 0 Å². The Hall–Kier alpha value is -1.36. The molecule has 5 nitrogen and oxygen atoms in total. The molecule has 18 heavy (non-hydrogen) atoms. The molecule has 5 heteroatoms. The van der Waals surface area contributed by atoms with E-state index in [1.165, 1.54) is 0 Å². The minimum Gasteiger partial charge on any atom is -0.356 e. The van der Waals surface area contributed by atoms with Gasteiger partial charge < -0.3 is 10.3 Å². The second-order valence-electron chi connectivity index (χ2n) is 4.52. The van der Waals surface area contributed by atoms with Crippen molar-refractivity contribution in [2.24, 2.45) is 5.84 Å². The zero-order valence-electron chi connectivity index (χ0n) is 12.1. The van der Waals surface area contributed by atoms with E-state index >= 15 is 0 Å². The van der Waals surface area contributed by atoms with Gasteiger partial charge in [-0.15, -0.1) is 0 Å². The minimum absolute atomic E-state index is 0.494. The van der Waals surface area contributed by atoms with Crippen LogP contribution < -0.4 is 16.2 Å². The number of nitrogens with two attached hydrogens (primary N) is 1. The van der Waals surface area contributed by atoms with Gasteiger partial charge in [-0.2, -0.15) is 0 Å². The number of aryl methyl sites for hydroxylation is 1. The molecule has 0 aliphatic heterocycles. The Bertz CT molecular complexity index is 387. The van der Waals surface area contributed by atoms with Gasteiger partial charge in [0.25, 0.3) is 0 Å². The van der Waals surface area contributed by atoms with Crippen LogP contribution in [-0.2, 0) is 6.42 Å². The van der Waals surface area contributed by atoms with Gasteiger partial charge in [-0.3, -0.25) is 0 Å². The highest BCUT2D eigenvalue weighted by Crippen LogP contribution is 2.25. The lowest BCUT2D eigenvalue weighted by atomic mass is 10.1. The molecule has 0 aliphatic carbocycles. The first kappa shape index (κ1) is 14.7. The van der Waals surface area contributed by atoms with Crippen LogP contribution in [0.3, 0.4) is 0 Å². The molecule has 0 aliphatic rings. The van der Waals surface area contributed by atoms with Crippen molar-refractivity contribution in [3.8, 4) is 0 Å². The van der Waals surface area contributed by atoms with Crippen molar-refractivity contribution in [1.29, 1.82) is 0 Å². The maximum absolute atomic E-state index is 5.53. The van der Waals surface area contributed by atoms with Crippen molar-refractivity contribution in [2.75, 3.05) is 17.4 Å². The van der Waals surface area contributed by atoms with Crippen molar-refractivity contribution < 1.29 is 0 Å². The molecular weight excluding hydrogens is 226 g/mol. The van der Waals surface area contributed by atoms with Crippen LogP contribution in [0.5, 0.6) is 0 Å². The molecular formula is C13H25N5. The molecule has 3 N–H and O–H groups in total. The monoisotopic (exact) mass is 251 g/mol. The first-order valence-electron chi connectivity index (χ1n) is 6.65. The summed E-state index contributed by atoms with van der Waals surface area (Å²) in [7, 11) is 2.09. The maximum Gasteiger partial charge on any atom is 0.148 e. The molecule has 0 bridgehead atoms. The van der Waals surface area contributed by atoms with Gasteiger partial charge in [-0.25, -0.2) is 15.8 Å². The summed E-state index contributed by atoms with van der Waals surface area (Å²) in [6, 6.07) is 0.494. The van der Waals surface area contributed by atoms with Crippen molar-refractivity contribution in [2.45, 2.75) is 53.0 Å². The van der Waals surface area contributed by atoms with Crippen molar-refractivity contribution in [3.05, 3.63) is 11.4 Å². The summed E-state index contributed by atoms with van der Waals surface area (Å²) in [6.45, 7) is 8.45. The second-order valence-corrected chi connectivity index (χ2v) is 4.52. The molecule has 0 radical (unpaired) electrons. The number of nitrogens with zero attached hydrogens (tertiary/aromatic N) is 3. The average Bonchev–Trinajstić information content (AvgIpc) is 2.40. The summed E-state index contributed by atoms with van der Waals surface area (Å²) < 4.78 is 0. The number of anilines is 2. The topological polar surface area (TPSA) is 67.1 Å². The average molecular weight is 251 g/mol. The predicted octanol–water partition coefficient (Wildman–Crippen LogP) is 2.26. The van der Waals surface area contributed by atoms with Gasteiger partial charge in [0.1, 0.15) is 17.5 Å². The molecule has 1 heterocycles. The zero-order valence-corrected chi connectivity index (χ0v) is 12.1. The van der Waals surface area contributed by atoms with E-state index in [-0.39, 0.29) is 0 Å². The minimum atomic E-state index is 0.494. The van der Waals surface area contributed by atoms with Crippen molar-refractivity contribution in [3.63, 3.8) is 0 Å². The van der Waals surface area contributed by atoms with Crippen LogP contribution in [0.15, 0.2) is 0 Å². The normalized spacial score (nSPS) is 10.8. The standard InChI is InChI=1S/C13H25N5/c1-6-10(7-2)18(5)13-9(4)12(17-14)15-11(8-3)16-13/h10H,6-8,14H2,1-5H3,(H,15,16,17). The quantitative estimate of drug-likeness (QED) is 0.599. The molecule has 1 aromatic rings. The summed E-state index contributed by atoms with van der Waals surface area (Å²) in [4.78, 5) is 11.3. The lowest BCUT2D eigenvalue weighted by Gasteiger charge is -2.29. The Balaban J connectivity index is 3.21. The third-order valence-electron chi connectivity index (χ3n) is 3.44. The van der Waals surface area contributed by atoms with E-state index in [0.29, 0.717) is 6.04 Å². The van der Waals surface area contributed by atoms with E-state index in [0.717, 1.165) is 42.3 Å². The van der Waals surface area contributed by atoms with Gasteiger partial charge in [-0.05, 0) is 19.8 Å². The fraction of sp³-hybridized carbons (Fsp3) is 0.692. The lowest BCUT2D eigenvalue weighted by molar-refractivity contribution is 0.584. The second kappa shape index (κ2) is 6.54. The summed E-state index contributed by atoms with van der Waals surface area (Å²) in [6.07, 6.45) is 3.01. The van der Waals surface area contributed by atoms with E-state index in [1.54, 1.807) is 0 Å². The zero-order chi connectivity index (χ0) is 13.7. The Morgan fingerprint density at radius 2 is 1.83 bits per heavy atom. The van der Waals surface area contributed by atoms with Gasteiger partial charge in [0.05, 0.1) is 0 Å². The number of nitrogen functional groups attached to an aromatic ring is 1. The molecule has 0 unspecified atom stereocenters. The first-order valence-corrected chi connectivity index (χ1v) is 6.65. The molecule has 1 rings (SSSR count). The smallest absolute Gasteiger partial charge is 0.148 e. The first-order chi connectivity index (χ1) is 8.58. The summed E-state index contributed by atoms with van der Waals surface area (Å²) >= 11 is 0. The van der Waals surface area contributed by atoms with Crippen LogP contribution in [0.1, 0.15) is 45.0 Å². The largest absolute Gasteiger partial charge is 0.356 e. The molecule has 0 saturated heterocycles. The molecule has 0 fully saturated rings. The molecule has 0 amide bonds. The molecule has 0 saturated carbocycles. The lowest BCUT2D eigenvalue weighted by Crippen LogP contribution is -2.32. The van der Waals surface area contributed by atoms with Crippen LogP contribution in [-0.4, -0.2) is 23.1 Å². The highest BCUT2D eigenvalue weighted by atomic mass is 15.3. The van der Waals surface area contributed by atoms with Crippen LogP contribution in [0.2, 0.25) is 0 Å². The third kappa shape index (κ3) is 2.90. The van der Waals surface area contributed by atoms with Crippen LogP contribution >= 0.6 is 0 Å². The van der Waals surface area contributed by atoms with E-state index in [9.17, 15) is 0 Å². The van der Waals surface area contributed by atoms with Gasteiger partial charge in [0.15, 0.2) is 0 Å². The fourth-order valence-corrected chi connectivity index (χ4v) is 2.20. The molecule has 1 aromatic heterocycles.